The summed E-state index contributed by atoms with van der Waals surface area (Å²) >= 11 is 0. The zero-order chi connectivity index (χ0) is 12.6. The number of nitrogens with two attached hydrogens (primary N) is 1. The molecule has 2 saturated carbocycles. The van der Waals surface area contributed by atoms with Crippen LogP contribution in [0.5, 0.6) is 0 Å². The van der Waals surface area contributed by atoms with Crippen LogP contribution in [0.3, 0.4) is 0 Å². The van der Waals surface area contributed by atoms with Gasteiger partial charge in [0.1, 0.15) is 0 Å². The maximum atomic E-state index is 5.73. The molecule has 0 aromatic carbocycles. The highest BCUT2D eigenvalue weighted by atomic mass is 15.4. The van der Waals surface area contributed by atoms with Crippen LogP contribution in [0.4, 0.5) is 0 Å². The quantitative estimate of drug-likeness (QED) is 0.448. The lowest BCUT2D eigenvalue weighted by atomic mass is 9.99. The molecule has 18 heavy (non-hydrogen) atoms. The van der Waals surface area contributed by atoms with Crippen LogP contribution in [0.25, 0.3) is 0 Å². The molecule has 0 unspecified atom stereocenters. The van der Waals surface area contributed by atoms with Crippen LogP contribution < -0.4 is 11.2 Å². The summed E-state index contributed by atoms with van der Waals surface area (Å²) in [7, 11) is 0. The summed E-state index contributed by atoms with van der Waals surface area (Å²) in [6.07, 6.45) is 11.8. The fourth-order valence-electron chi connectivity index (χ4n) is 2.41. The molecule has 0 heterocycles. The van der Waals surface area contributed by atoms with Gasteiger partial charge in [0, 0.05) is 11.4 Å². The predicted octanol–water partition coefficient (Wildman–Crippen LogP) is 2.53. The van der Waals surface area contributed by atoms with E-state index in [1.165, 1.54) is 44.2 Å². The van der Waals surface area contributed by atoms with Crippen molar-refractivity contribution in [2.75, 3.05) is 0 Å². The van der Waals surface area contributed by atoms with Gasteiger partial charge < -0.3 is 5.73 Å². The Hall–Kier alpha value is -1.39. The number of hydrazone groups is 1. The number of nitrogens with one attached hydrogen (secondary N) is 1. The molecule has 0 aromatic heterocycles. The summed E-state index contributed by atoms with van der Waals surface area (Å²) in [5.74, 6) is 0.297. The first-order valence-corrected chi connectivity index (χ1v) is 7.05. The third-order valence-corrected chi connectivity index (χ3v) is 3.49. The normalized spacial score (nSPS) is 21.7. The summed E-state index contributed by atoms with van der Waals surface area (Å²) in [5, 5.41) is 12.5. The molecule has 2 aliphatic rings. The summed E-state index contributed by atoms with van der Waals surface area (Å²) < 4.78 is 0. The van der Waals surface area contributed by atoms with Crippen LogP contribution in [0.15, 0.2) is 15.3 Å². The minimum Gasteiger partial charge on any atom is -0.367 e. The molecule has 2 aliphatic carbocycles. The lowest BCUT2D eigenvalue weighted by Crippen LogP contribution is -2.28. The van der Waals surface area contributed by atoms with Crippen LogP contribution in [-0.4, -0.2) is 17.4 Å². The van der Waals surface area contributed by atoms with Gasteiger partial charge in [-0.2, -0.15) is 10.2 Å². The standard InChI is InChI=1S/C13H23N5/c14-13(17-15-11-7-3-1-4-8-11)18-16-12-9-5-2-6-10-12/h1-10H2,(H3,14,17,18). The van der Waals surface area contributed by atoms with Gasteiger partial charge in [-0.15, -0.1) is 5.10 Å². The van der Waals surface area contributed by atoms with E-state index in [1.54, 1.807) is 0 Å². The number of hydrogen-bond donors (Lipinski definition) is 2. The summed E-state index contributed by atoms with van der Waals surface area (Å²) in [5.41, 5.74) is 10.9. The Balaban J connectivity index is 1.80. The zero-order valence-corrected chi connectivity index (χ0v) is 11.0. The van der Waals surface area contributed by atoms with Crippen LogP contribution >= 0.6 is 0 Å². The van der Waals surface area contributed by atoms with Crippen molar-refractivity contribution in [2.24, 2.45) is 21.0 Å². The average molecular weight is 249 g/mol. The fraction of sp³-hybridized carbons (Fsp3) is 0.769. The summed E-state index contributed by atoms with van der Waals surface area (Å²) in [4.78, 5) is 0. The Bertz CT molecular complexity index is 340. The molecule has 0 atom stereocenters. The van der Waals surface area contributed by atoms with Gasteiger partial charge in [0.15, 0.2) is 0 Å². The van der Waals surface area contributed by atoms with Crippen molar-refractivity contribution in [2.45, 2.75) is 64.2 Å². The zero-order valence-electron chi connectivity index (χ0n) is 11.0. The molecule has 2 fully saturated rings. The van der Waals surface area contributed by atoms with Crippen LogP contribution in [0, 0.1) is 0 Å². The molecular weight excluding hydrogens is 226 g/mol. The van der Waals surface area contributed by atoms with Crippen molar-refractivity contribution in [3.05, 3.63) is 0 Å². The molecule has 0 spiro atoms. The van der Waals surface area contributed by atoms with Gasteiger partial charge in [0.2, 0.25) is 5.96 Å². The first kappa shape index (κ1) is 13.1. The minimum absolute atomic E-state index is 0.297. The van der Waals surface area contributed by atoms with Crippen molar-refractivity contribution in [3.63, 3.8) is 0 Å². The number of rotatable bonds is 2. The molecule has 2 rings (SSSR count). The van der Waals surface area contributed by atoms with Crippen molar-refractivity contribution >= 4 is 17.4 Å². The first-order chi connectivity index (χ1) is 8.84. The minimum atomic E-state index is 0.297. The summed E-state index contributed by atoms with van der Waals surface area (Å²) in [6.45, 7) is 0. The monoisotopic (exact) mass is 249 g/mol. The molecule has 0 bridgehead atoms. The number of nitrogens with zero attached hydrogens (tertiary/aromatic N) is 3. The van der Waals surface area contributed by atoms with Crippen molar-refractivity contribution < 1.29 is 0 Å². The van der Waals surface area contributed by atoms with Gasteiger partial charge in [0.25, 0.3) is 0 Å². The van der Waals surface area contributed by atoms with Crippen molar-refractivity contribution in [1.82, 2.24) is 5.43 Å². The van der Waals surface area contributed by atoms with Gasteiger partial charge in [-0.25, -0.2) is 5.43 Å². The largest absolute Gasteiger partial charge is 0.367 e. The number of hydrogen-bond acceptors (Lipinski definition) is 3. The van der Waals surface area contributed by atoms with E-state index in [0.29, 0.717) is 5.96 Å². The molecule has 100 valence electrons. The Kier molecular flexibility index (Phi) is 5.17. The van der Waals surface area contributed by atoms with Gasteiger partial charge in [-0.05, 0) is 51.4 Å². The van der Waals surface area contributed by atoms with E-state index in [9.17, 15) is 0 Å². The van der Waals surface area contributed by atoms with E-state index in [0.717, 1.165) is 31.4 Å². The third kappa shape index (κ3) is 4.47. The van der Waals surface area contributed by atoms with Crippen molar-refractivity contribution in [1.29, 1.82) is 0 Å². The summed E-state index contributed by atoms with van der Waals surface area (Å²) in [6, 6.07) is 0. The van der Waals surface area contributed by atoms with E-state index >= 15 is 0 Å². The second kappa shape index (κ2) is 7.13. The van der Waals surface area contributed by atoms with E-state index in [4.69, 9.17) is 5.73 Å². The molecule has 0 saturated heterocycles. The van der Waals surface area contributed by atoms with E-state index in [2.05, 4.69) is 20.7 Å². The van der Waals surface area contributed by atoms with Crippen LogP contribution in [0.1, 0.15) is 64.2 Å². The Morgan fingerprint density at radius 1 is 0.833 bits per heavy atom. The van der Waals surface area contributed by atoms with Crippen molar-refractivity contribution in [3.8, 4) is 0 Å². The van der Waals surface area contributed by atoms with Crippen LogP contribution in [0.2, 0.25) is 0 Å². The molecular formula is C13H23N5. The van der Waals surface area contributed by atoms with E-state index < -0.39 is 0 Å². The molecule has 0 aromatic rings. The van der Waals surface area contributed by atoms with Gasteiger partial charge in [-0.1, -0.05) is 12.8 Å². The maximum Gasteiger partial charge on any atom is 0.234 e. The second-order valence-electron chi connectivity index (χ2n) is 5.06. The Morgan fingerprint density at radius 3 is 2.00 bits per heavy atom. The predicted molar refractivity (Wildman–Crippen MR) is 75.8 cm³/mol. The molecule has 3 N–H and O–H groups in total. The Morgan fingerprint density at radius 2 is 1.39 bits per heavy atom. The highest BCUT2D eigenvalue weighted by molar-refractivity contribution is 5.88. The topological polar surface area (TPSA) is 75.1 Å². The highest BCUT2D eigenvalue weighted by Crippen LogP contribution is 2.15. The van der Waals surface area contributed by atoms with E-state index in [-0.39, 0.29) is 0 Å². The molecule has 0 radical (unpaired) electrons. The molecule has 0 aliphatic heterocycles. The first-order valence-electron chi connectivity index (χ1n) is 7.05. The SMILES string of the molecule is N/C(=N\N=C1CCCCC1)NN=C1CCCCC1. The second-order valence-corrected chi connectivity index (χ2v) is 5.06. The lowest BCUT2D eigenvalue weighted by Gasteiger charge is -2.12. The smallest absolute Gasteiger partial charge is 0.234 e. The van der Waals surface area contributed by atoms with Gasteiger partial charge in [-0.3, -0.25) is 0 Å². The molecule has 0 amide bonds. The van der Waals surface area contributed by atoms with Gasteiger partial charge >= 0.3 is 0 Å². The molecule has 5 nitrogen and oxygen atoms in total. The lowest BCUT2D eigenvalue weighted by molar-refractivity contribution is 0.660. The van der Waals surface area contributed by atoms with E-state index in [1.807, 2.05) is 0 Å². The fourth-order valence-corrected chi connectivity index (χ4v) is 2.41. The van der Waals surface area contributed by atoms with Gasteiger partial charge in [0.05, 0.1) is 0 Å². The number of guanidine groups is 1. The van der Waals surface area contributed by atoms with Crippen LogP contribution in [-0.2, 0) is 0 Å². The highest BCUT2D eigenvalue weighted by Gasteiger charge is 2.07. The maximum absolute atomic E-state index is 5.73. The molecule has 5 heteroatoms. The Labute approximate surface area is 109 Å². The average Bonchev–Trinajstić information content (AvgIpc) is 2.45. The third-order valence-electron chi connectivity index (χ3n) is 3.49.